The van der Waals surface area contributed by atoms with Crippen LogP contribution in [0.15, 0.2) is 30.3 Å². The normalized spacial score (nSPS) is 12.0. The molecule has 0 aliphatic heterocycles. The molecule has 0 saturated carbocycles. The van der Waals surface area contributed by atoms with Crippen molar-refractivity contribution < 1.29 is 9.72 Å². The van der Waals surface area contributed by atoms with E-state index in [-0.39, 0.29) is 17.3 Å². The number of aryl methyl sites for hydroxylation is 3. The SMILES string of the molecule is Cc1nn([C@H](C)C(=O)Nc2nnc(CCc3ccccc3)s2)c(C)c1[N+](=O)[O-]. The number of hydrogen-bond donors (Lipinski definition) is 1. The average Bonchev–Trinajstić information content (AvgIpc) is 3.23. The Hall–Kier alpha value is -3.14. The van der Waals surface area contributed by atoms with Crippen molar-refractivity contribution in [3.05, 3.63) is 62.4 Å². The fourth-order valence-corrected chi connectivity index (χ4v) is 3.66. The highest BCUT2D eigenvalue weighted by molar-refractivity contribution is 7.15. The van der Waals surface area contributed by atoms with Crippen LogP contribution in [0.2, 0.25) is 0 Å². The Morgan fingerprint density at radius 1 is 1.25 bits per heavy atom. The number of anilines is 1. The van der Waals surface area contributed by atoms with Gasteiger partial charge in [0.2, 0.25) is 5.13 Å². The summed E-state index contributed by atoms with van der Waals surface area (Å²) in [7, 11) is 0. The number of carbonyl (C=O) groups is 1. The van der Waals surface area contributed by atoms with Gasteiger partial charge in [-0.1, -0.05) is 41.7 Å². The van der Waals surface area contributed by atoms with E-state index in [1.165, 1.54) is 21.6 Å². The number of carbonyl (C=O) groups excluding carboxylic acids is 1. The molecule has 28 heavy (non-hydrogen) atoms. The van der Waals surface area contributed by atoms with Gasteiger partial charge in [-0.3, -0.25) is 24.9 Å². The Morgan fingerprint density at radius 3 is 2.61 bits per heavy atom. The average molecular weight is 400 g/mol. The lowest BCUT2D eigenvalue weighted by atomic mass is 10.1. The highest BCUT2D eigenvalue weighted by atomic mass is 32.1. The van der Waals surface area contributed by atoms with Crippen molar-refractivity contribution in [1.29, 1.82) is 0 Å². The molecule has 0 unspecified atom stereocenters. The Labute approximate surface area is 165 Å². The van der Waals surface area contributed by atoms with Crippen LogP contribution < -0.4 is 5.32 Å². The molecule has 0 aliphatic carbocycles. The third-order valence-electron chi connectivity index (χ3n) is 4.38. The molecule has 3 aromatic rings. The van der Waals surface area contributed by atoms with Gasteiger partial charge in [-0.25, -0.2) is 0 Å². The number of nitro groups is 1. The molecule has 10 heteroatoms. The standard InChI is InChI=1S/C18H20N6O3S/c1-11-16(24(26)27)12(2)23(22-11)13(3)17(25)19-18-21-20-15(28-18)10-9-14-7-5-4-6-8-14/h4-8,13H,9-10H2,1-3H3,(H,19,21,25)/t13-/m1/s1. The maximum Gasteiger partial charge on any atom is 0.312 e. The van der Waals surface area contributed by atoms with Crippen molar-refractivity contribution in [2.24, 2.45) is 0 Å². The fraction of sp³-hybridized carbons (Fsp3) is 0.333. The van der Waals surface area contributed by atoms with Crippen molar-refractivity contribution in [2.75, 3.05) is 5.32 Å². The van der Waals surface area contributed by atoms with E-state index < -0.39 is 11.0 Å². The molecule has 1 atom stereocenters. The molecule has 0 spiro atoms. The lowest BCUT2D eigenvalue weighted by Gasteiger charge is -2.12. The Morgan fingerprint density at radius 2 is 1.96 bits per heavy atom. The smallest absolute Gasteiger partial charge is 0.299 e. The van der Waals surface area contributed by atoms with Crippen molar-refractivity contribution in [2.45, 2.75) is 39.7 Å². The molecule has 0 saturated heterocycles. The zero-order chi connectivity index (χ0) is 20.3. The van der Waals surface area contributed by atoms with Gasteiger partial charge in [-0.05, 0) is 32.8 Å². The summed E-state index contributed by atoms with van der Waals surface area (Å²) in [6.07, 6.45) is 1.58. The molecule has 1 amide bonds. The Kier molecular flexibility index (Phi) is 5.78. The van der Waals surface area contributed by atoms with E-state index in [0.717, 1.165) is 17.8 Å². The summed E-state index contributed by atoms with van der Waals surface area (Å²) >= 11 is 1.32. The largest absolute Gasteiger partial charge is 0.312 e. The van der Waals surface area contributed by atoms with Gasteiger partial charge in [-0.15, -0.1) is 10.2 Å². The first-order chi connectivity index (χ1) is 13.4. The molecule has 3 rings (SSSR count). The summed E-state index contributed by atoms with van der Waals surface area (Å²) in [4.78, 5) is 23.2. The lowest BCUT2D eigenvalue weighted by molar-refractivity contribution is -0.386. The van der Waals surface area contributed by atoms with Crippen LogP contribution in [0.1, 0.15) is 34.9 Å². The molecule has 1 aromatic carbocycles. The number of nitrogens with one attached hydrogen (secondary N) is 1. The second-order valence-electron chi connectivity index (χ2n) is 6.37. The molecule has 0 aliphatic rings. The van der Waals surface area contributed by atoms with E-state index in [1.54, 1.807) is 20.8 Å². The molecular weight excluding hydrogens is 380 g/mol. The van der Waals surface area contributed by atoms with Crippen LogP contribution in [0.4, 0.5) is 10.8 Å². The van der Waals surface area contributed by atoms with Gasteiger partial charge < -0.3 is 0 Å². The number of aromatic nitrogens is 4. The van der Waals surface area contributed by atoms with Crippen LogP contribution in [-0.2, 0) is 17.6 Å². The van der Waals surface area contributed by atoms with Gasteiger partial charge >= 0.3 is 5.69 Å². The fourth-order valence-electron chi connectivity index (χ4n) is 2.92. The van der Waals surface area contributed by atoms with Gasteiger partial charge in [0.15, 0.2) is 0 Å². The monoisotopic (exact) mass is 400 g/mol. The second-order valence-corrected chi connectivity index (χ2v) is 7.43. The number of nitrogens with zero attached hydrogens (tertiary/aromatic N) is 5. The highest BCUT2D eigenvalue weighted by Crippen LogP contribution is 2.25. The van der Waals surface area contributed by atoms with Crippen molar-refractivity contribution in [3.63, 3.8) is 0 Å². The van der Waals surface area contributed by atoms with Crippen molar-refractivity contribution >= 4 is 28.1 Å². The van der Waals surface area contributed by atoms with E-state index >= 15 is 0 Å². The van der Waals surface area contributed by atoms with Crippen LogP contribution in [0.5, 0.6) is 0 Å². The molecule has 2 heterocycles. The van der Waals surface area contributed by atoms with E-state index in [4.69, 9.17) is 0 Å². The number of rotatable bonds is 7. The lowest BCUT2D eigenvalue weighted by Crippen LogP contribution is -2.25. The minimum Gasteiger partial charge on any atom is -0.299 e. The predicted octanol–water partition coefficient (Wildman–Crippen LogP) is 3.24. The van der Waals surface area contributed by atoms with Crippen LogP contribution >= 0.6 is 11.3 Å². The van der Waals surface area contributed by atoms with Gasteiger partial charge in [0.05, 0.1) is 4.92 Å². The van der Waals surface area contributed by atoms with Gasteiger partial charge in [-0.2, -0.15) is 5.10 Å². The summed E-state index contributed by atoms with van der Waals surface area (Å²) in [6, 6.07) is 9.35. The first-order valence-corrected chi connectivity index (χ1v) is 9.55. The van der Waals surface area contributed by atoms with Gasteiger partial charge in [0, 0.05) is 6.42 Å². The summed E-state index contributed by atoms with van der Waals surface area (Å²) in [5.41, 5.74) is 1.76. The molecule has 146 valence electrons. The first kappa shape index (κ1) is 19.6. The zero-order valence-corrected chi connectivity index (χ0v) is 16.6. The van der Waals surface area contributed by atoms with Crippen LogP contribution in [0.25, 0.3) is 0 Å². The highest BCUT2D eigenvalue weighted by Gasteiger charge is 2.27. The summed E-state index contributed by atoms with van der Waals surface area (Å²) < 4.78 is 1.36. The first-order valence-electron chi connectivity index (χ1n) is 8.74. The maximum atomic E-state index is 12.5. The van der Waals surface area contributed by atoms with Gasteiger partial charge in [0.25, 0.3) is 5.91 Å². The van der Waals surface area contributed by atoms with Crippen molar-refractivity contribution in [3.8, 4) is 0 Å². The summed E-state index contributed by atoms with van der Waals surface area (Å²) in [5.74, 6) is -0.355. The third kappa shape index (κ3) is 4.22. The van der Waals surface area contributed by atoms with E-state index in [9.17, 15) is 14.9 Å². The van der Waals surface area contributed by atoms with Crippen molar-refractivity contribution in [1.82, 2.24) is 20.0 Å². The third-order valence-corrected chi connectivity index (χ3v) is 5.28. The Bertz CT molecular complexity index is 998. The topological polar surface area (TPSA) is 116 Å². The molecule has 9 nitrogen and oxygen atoms in total. The molecule has 2 aromatic heterocycles. The minimum absolute atomic E-state index is 0.0706. The van der Waals surface area contributed by atoms with Gasteiger partial charge in [0.1, 0.15) is 22.4 Å². The van der Waals surface area contributed by atoms with E-state index in [1.807, 2.05) is 18.2 Å². The van der Waals surface area contributed by atoms with E-state index in [0.29, 0.717) is 10.8 Å². The second kappa shape index (κ2) is 8.26. The molecule has 0 radical (unpaired) electrons. The van der Waals surface area contributed by atoms with E-state index in [2.05, 4.69) is 32.7 Å². The predicted molar refractivity (Wildman–Crippen MR) is 105 cm³/mol. The zero-order valence-electron chi connectivity index (χ0n) is 15.7. The van der Waals surface area contributed by atoms with Crippen LogP contribution in [0, 0.1) is 24.0 Å². The van der Waals surface area contributed by atoms with Crippen LogP contribution in [0.3, 0.4) is 0 Å². The number of amides is 1. The number of hydrogen-bond acceptors (Lipinski definition) is 7. The molecule has 1 N–H and O–H groups in total. The summed E-state index contributed by atoms with van der Waals surface area (Å²) in [5, 5.41) is 27.4. The molecular formula is C18H20N6O3S. The Balaban J connectivity index is 1.64. The quantitative estimate of drug-likeness (QED) is 0.481. The minimum atomic E-state index is -0.718. The summed E-state index contributed by atoms with van der Waals surface area (Å²) in [6.45, 7) is 4.76. The number of benzene rings is 1. The maximum absolute atomic E-state index is 12.5. The molecule has 0 bridgehead atoms. The molecule has 0 fully saturated rings. The van der Waals surface area contributed by atoms with Crippen LogP contribution in [-0.4, -0.2) is 30.8 Å².